The maximum absolute atomic E-state index is 12.5. The van der Waals surface area contributed by atoms with Gasteiger partial charge in [-0.15, -0.1) is 0 Å². The summed E-state index contributed by atoms with van der Waals surface area (Å²) in [6.45, 7) is 6.33. The van der Waals surface area contributed by atoms with Crippen molar-refractivity contribution in [2.75, 3.05) is 13.1 Å². The normalized spacial score (nSPS) is 26.9. The molecule has 110 valence electrons. The predicted octanol–water partition coefficient (Wildman–Crippen LogP) is 2.95. The van der Waals surface area contributed by atoms with E-state index in [1.807, 2.05) is 0 Å². The van der Waals surface area contributed by atoms with Crippen LogP contribution in [0.2, 0.25) is 0 Å². The van der Waals surface area contributed by atoms with Crippen LogP contribution in [-0.4, -0.2) is 36.0 Å². The molecule has 0 spiro atoms. The molecule has 3 heteroatoms. The molecular weight excluding hydrogens is 236 g/mol. The highest BCUT2D eigenvalue weighted by molar-refractivity contribution is 5.84. The second-order valence-electron chi connectivity index (χ2n) is 6.20. The first-order chi connectivity index (χ1) is 9.27. The van der Waals surface area contributed by atoms with Gasteiger partial charge >= 0.3 is 0 Å². The van der Waals surface area contributed by atoms with Crippen molar-refractivity contribution < 1.29 is 4.79 Å². The number of nitrogens with zero attached hydrogens (tertiary/aromatic N) is 1. The second-order valence-corrected chi connectivity index (χ2v) is 6.20. The van der Waals surface area contributed by atoms with E-state index in [-0.39, 0.29) is 6.04 Å². The Bertz CT molecular complexity index is 286. The van der Waals surface area contributed by atoms with Gasteiger partial charge in [0, 0.05) is 12.6 Å². The van der Waals surface area contributed by atoms with Gasteiger partial charge in [-0.1, -0.05) is 33.1 Å². The summed E-state index contributed by atoms with van der Waals surface area (Å²) < 4.78 is 0. The van der Waals surface area contributed by atoms with E-state index >= 15 is 0 Å². The van der Waals surface area contributed by atoms with Gasteiger partial charge in [0.2, 0.25) is 5.91 Å². The van der Waals surface area contributed by atoms with Gasteiger partial charge in [0.25, 0.3) is 0 Å². The molecule has 2 aliphatic rings. The highest BCUT2D eigenvalue weighted by Gasteiger charge is 2.37. The van der Waals surface area contributed by atoms with Crippen molar-refractivity contribution in [1.29, 1.82) is 0 Å². The summed E-state index contributed by atoms with van der Waals surface area (Å²) in [5, 5.41) is 3.40. The van der Waals surface area contributed by atoms with Crippen LogP contribution < -0.4 is 5.32 Å². The number of likely N-dealkylation sites (tertiary alicyclic amines) is 1. The summed E-state index contributed by atoms with van der Waals surface area (Å²) in [7, 11) is 0. The Morgan fingerprint density at radius 2 is 1.95 bits per heavy atom. The molecule has 1 N–H and O–H groups in total. The molecule has 0 aromatic carbocycles. The van der Waals surface area contributed by atoms with Gasteiger partial charge < -0.3 is 10.2 Å². The number of carbonyl (C=O) groups excluding carboxylic acids is 1. The zero-order valence-electron chi connectivity index (χ0n) is 12.7. The SMILES string of the molecule is CCCNC1CCN(C(CC)C2CCCCC2)C1=O. The largest absolute Gasteiger partial charge is 0.338 e. The standard InChI is InChI=1S/C16H30N2O/c1-3-11-17-14-10-12-18(16(14)19)15(4-2)13-8-6-5-7-9-13/h13-15,17H,3-12H2,1-2H3. The zero-order valence-corrected chi connectivity index (χ0v) is 12.7. The van der Waals surface area contributed by atoms with Crippen LogP contribution in [0.1, 0.15) is 65.2 Å². The Kier molecular flexibility index (Phi) is 5.68. The van der Waals surface area contributed by atoms with E-state index in [9.17, 15) is 4.79 Å². The average Bonchev–Trinajstić information content (AvgIpc) is 2.80. The minimum atomic E-state index is 0.0950. The molecule has 0 aromatic heterocycles. The van der Waals surface area contributed by atoms with Crippen LogP contribution in [0.15, 0.2) is 0 Å². The highest BCUT2D eigenvalue weighted by Crippen LogP contribution is 2.32. The number of hydrogen-bond donors (Lipinski definition) is 1. The maximum atomic E-state index is 12.5. The Hall–Kier alpha value is -0.570. The quantitative estimate of drug-likeness (QED) is 0.801. The molecule has 0 bridgehead atoms. The monoisotopic (exact) mass is 266 g/mol. The van der Waals surface area contributed by atoms with E-state index in [1.165, 1.54) is 32.1 Å². The summed E-state index contributed by atoms with van der Waals surface area (Å²) in [6, 6.07) is 0.596. The van der Waals surface area contributed by atoms with Crippen LogP contribution in [-0.2, 0) is 4.79 Å². The molecular formula is C16H30N2O. The average molecular weight is 266 g/mol. The van der Waals surface area contributed by atoms with Crippen molar-refractivity contribution in [3.8, 4) is 0 Å². The third kappa shape index (κ3) is 3.50. The molecule has 0 aromatic rings. The topological polar surface area (TPSA) is 32.3 Å². The van der Waals surface area contributed by atoms with Crippen LogP contribution in [0.4, 0.5) is 0 Å². The van der Waals surface area contributed by atoms with Crippen molar-refractivity contribution >= 4 is 5.91 Å². The molecule has 19 heavy (non-hydrogen) atoms. The van der Waals surface area contributed by atoms with Gasteiger partial charge in [-0.25, -0.2) is 0 Å². The fraction of sp³-hybridized carbons (Fsp3) is 0.938. The minimum Gasteiger partial charge on any atom is -0.338 e. The lowest BCUT2D eigenvalue weighted by Crippen LogP contribution is -2.46. The minimum absolute atomic E-state index is 0.0950. The number of amides is 1. The van der Waals surface area contributed by atoms with E-state index in [0.29, 0.717) is 11.9 Å². The van der Waals surface area contributed by atoms with Crippen LogP contribution in [0, 0.1) is 5.92 Å². The van der Waals surface area contributed by atoms with Gasteiger partial charge in [0.05, 0.1) is 6.04 Å². The number of rotatable bonds is 6. The maximum Gasteiger partial charge on any atom is 0.240 e. The van der Waals surface area contributed by atoms with Crippen molar-refractivity contribution in [2.45, 2.75) is 77.3 Å². The van der Waals surface area contributed by atoms with E-state index in [2.05, 4.69) is 24.1 Å². The summed E-state index contributed by atoms with van der Waals surface area (Å²) >= 11 is 0. The lowest BCUT2D eigenvalue weighted by atomic mass is 9.82. The van der Waals surface area contributed by atoms with E-state index in [4.69, 9.17) is 0 Å². The van der Waals surface area contributed by atoms with Gasteiger partial charge in [0.1, 0.15) is 0 Å². The molecule has 2 rings (SSSR count). The lowest BCUT2D eigenvalue weighted by Gasteiger charge is -2.36. The first-order valence-electron chi connectivity index (χ1n) is 8.31. The lowest BCUT2D eigenvalue weighted by molar-refractivity contribution is -0.132. The van der Waals surface area contributed by atoms with Gasteiger partial charge in [-0.3, -0.25) is 4.79 Å². The molecule has 2 unspecified atom stereocenters. The van der Waals surface area contributed by atoms with Crippen molar-refractivity contribution in [3.05, 3.63) is 0 Å². The number of hydrogen-bond acceptors (Lipinski definition) is 2. The molecule has 2 fully saturated rings. The van der Waals surface area contributed by atoms with Crippen LogP contribution in [0.25, 0.3) is 0 Å². The Balaban J connectivity index is 1.93. The molecule has 1 amide bonds. The molecule has 1 saturated carbocycles. The fourth-order valence-electron chi connectivity index (χ4n) is 3.87. The first-order valence-corrected chi connectivity index (χ1v) is 8.31. The second kappa shape index (κ2) is 7.28. The van der Waals surface area contributed by atoms with Crippen LogP contribution in [0.3, 0.4) is 0 Å². The Morgan fingerprint density at radius 3 is 2.58 bits per heavy atom. The predicted molar refractivity (Wildman–Crippen MR) is 79.1 cm³/mol. The third-order valence-electron chi connectivity index (χ3n) is 4.89. The third-order valence-corrected chi connectivity index (χ3v) is 4.89. The van der Waals surface area contributed by atoms with Crippen molar-refractivity contribution in [2.24, 2.45) is 5.92 Å². The number of nitrogens with one attached hydrogen (secondary N) is 1. The molecule has 1 saturated heterocycles. The molecule has 1 aliphatic heterocycles. The Morgan fingerprint density at radius 1 is 1.21 bits per heavy atom. The van der Waals surface area contributed by atoms with Gasteiger partial charge in [-0.05, 0) is 44.6 Å². The smallest absolute Gasteiger partial charge is 0.240 e. The summed E-state index contributed by atoms with van der Waals surface area (Å²) in [5.74, 6) is 1.12. The Labute approximate surface area is 118 Å². The molecule has 0 radical (unpaired) electrons. The summed E-state index contributed by atoms with van der Waals surface area (Å²) in [4.78, 5) is 14.7. The van der Waals surface area contributed by atoms with Crippen molar-refractivity contribution in [1.82, 2.24) is 10.2 Å². The van der Waals surface area contributed by atoms with Gasteiger partial charge in [-0.2, -0.15) is 0 Å². The highest BCUT2D eigenvalue weighted by atomic mass is 16.2. The summed E-state index contributed by atoms with van der Waals surface area (Å²) in [5.41, 5.74) is 0. The number of carbonyl (C=O) groups is 1. The summed E-state index contributed by atoms with van der Waals surface area (Å²) in [6.07, 6.45) is 10.00. The van der Waals surface area contributed by atoms with Gasteiger partial charge in [0.15, 0.2) is 0 Å². The van der Waals surface area contributed by atoms with Crippen LogP contribution >= 0.6 is 0 Å². The van der Waals surface area contributed by atoms with E-state index in [0.717, 1.165) is 38.3 Å². The molecule has 1 heterocycles. The van der Waals surface area contributed by atoms with E-state index < -0.39 is 0 Å². The molecule has 3 nitrogen and oxygen atoms in total. The molecule has 1 aliphatic carbocycles. The fourth-order valence-corrected chi connectivity index (χ4v) is 3.87. The first kappa shape index (κ1) is 14.8. The molecule has 2 atom stereocenters. The van der Waals surface area contributed by atoms with Crippen LogP contribution in [0.5, 0.6) is 0 Å². The zero-order chi connectivity index (χ0) is 13.7. The van der Waals surface area contributed by atoms with Crippen molar-refractivity contribution in [3.63, 3.8) is 0 Å². The van der Waals surface area contributed by atoms with E-state index in [1.54, 1.807) is 0 Å².